The molecule has 116 valence electrons. The molecule has 21 heavy (non-hydrogen) atoms. The van der Waals surface area contributed by atoms with E-state index < -0.39 is 24.0 Å². The third kappa shape index (κ3) is 5.62. The summed E-state index contributed by atoms with van der Waals surface area (Å²) in [5.41, 5.74) is -0.0367. The van der Waals surface area contributed by atoms with Gasteiger partial charge in [0.25, 0.3) is 5.91 Å². The van der Waals surface area contributed by atoms with Crippen molar-refractivity contribution in [2.75, 3.05) is 13.6 Å². The van der Waals surface area contributed by atoms with Crippen LogP contribution in [-0.2, 0) is 4.79 Å². The first-order chi connectivity index (χ1) is 9.60. The standard InChI is InChI=1S/C12H11BrF3NO4/c1-17(5-4-10(18)19)11(20)7-2-3-8(13)9(6-7)21-12(14,15)16/h2-3,6H,4-5H2,1H3,(H,18,19). The minimum absolute atomic E-state index is 0.0367. The van der Waals surface area contributed by atoms with E-state index in [4.69, 9.17) is 5.11 Å². The molecule has 5 nitrogen and oxygen atoms in total. The molecule has 0 bridgehead atoms. The van der Waals surface area contributed by atoms with Gasteiger partial charge in [0.15, 0.2) is 0 Å². The van der Waals surface area contributed by atoms with Crippen LogP contribution in [0.1, 0.15) is 16.8 Å². The molecule has 0 saturated carbocycles. The van der Waals surface area contributed by atoms with E-state index in [-0.39, 0.29) is 23.0 Å². The number of benzene rings is 1. The van der Waals surface area contributed by atoms with Crippen molar-refractivity contribution in [3.63, 3.8) is 0 Å². The summed E-state index contributed by atoms with van der Waals surface area (Å²) in [5.74, 6) is -2.22. The summed E-state index contributed by atoms with van der Waals surface area (Å²) in [6, 6.07) is 3.50. The number of rotatable bonds is 5. The van der Waals surface area contributed by atoms with E-state index in [0.717, 1.165) is 11.0 Å². The van der Waals surface area contributed by atoms with Gasteiger partial charge >= 0.3 is 12.3 Å². The van der Waals surface area contributed by atoms with E-state index in [1.54, 1.807) is 0 Å². The molecule has 0 aliphatic rings. The molecular formula is C12H11BrF3NO4. The molecule has 0 heterocycles. The average Bonchev–Trinajstić information content (AvgIpc) is 2.36. The molecule has 0 atom stereocenters. The third-order valence-electron chi connectivity index (χ3n) is 2.41. The summed E-state index contributed by atoms with van der Waals surface area (Å²) in [7, 11) is 1.36. The summed E-state index contributed by atoms with van der Waals surface area (Å²) in [6.07, 6.45) is -5.13. The summed E-state index contributed by atoms with van der Waals surface area (Å²) in [6.45, 7) is -0.0559. The fraction of sp³-hybridized carbons (Fsp3) is 0.333. The molecule has 0 unspecified atom stereocenters. The molecule has 0 radical (unpaired) electrons. The lowest BCUT2D eigenvalue weighted by molar-refractivity contribution is -0.274. The SMILES string of the molecule is CN(CCC(=O)O)C(=O)c1ccc(Br)c(OC(F)(F)F)c1. The molecule has 1 rings (SSSR count). The van der Waals surface area contributed by atoms with Crippen molar-refractivity contribution in [1.29, 1.82) is 0 Å². The zero-order valence-corrected chi connectivity index (χ0v) is 12.4. The number of carbonyl (C=O) groups is 2. The Bertz CT molecular complexity index is 548. The second-order valence-corrected chi connectivity index (χ2v) is 4.92. The molecular weight excluding hydrogens is 359 g/mol. The number of alkyl halides is 3. The van der Waals surface area contributed by atoms with Gasteiger partial charge in [-0.2, -0.15) is 0 Å². The van der Waals surface area contributed by atoms with Crippen LogP contribution >= 0.6 is 15.9 Å². The minimum Gasteiger partial charge on any atom is -0.481 e. The molecule has 0 saturated heterocycles. The van der Waals surface area contributed by atoms with Crippen molar-refractivity contribution >= 4 is 27.8 Å². The summed E-state index contributed by atoms with van der Waals surface area (Å²) >= 11 is 2.89. The van der Waals surface area contributed by atoms with Crippen molar-refractivity contribution in [3.05, 3.63) is 28.2 Å². The van der Waals surface area contributed by atoms with E-state index in [9.17, 15) is 22.8 Å². The smallest absolute Gasteiger partial charge is 0.481 e. The van der Waals surface area contributed by atoms with Crippen LogP contribution in [0.25, 0.3) is 0 Å². The first-order valence-electron chi connectivity index (χ1n) is 5.62. The Balaban J connectivity index is 2.90. The summed E-state index contributed by atoms with van der Waals surface area (Å²) < 4.78 is 40.5. The molecule has 0 aromatic heterocycles. The fourth-order valence-corrected chi connectivity index (χ4v) is 1.75. The Morgan fingerprint density at radius 3 is 2.52 bits per heavy atom. The first kappa shape index (κ1) is 17.3. The number of carbonyl (C=O) groups excluding carboxylic acids is 1. The number of aliphatic carboxylic acids is 1. The second-order valence-electron chi connectivity index (χ2n) is 4.06. The van der Waals surface area contributed by atoms with Gasteiger partial charge in [0.1, 0.15) is 5.75 Å². The third-order valence-corrected chi connectivity index (χ3v) is 3.07. The van der Waals surface area contributed by atoms with Gasteiger partial charge in [-0.15, -0.1) is 13.2 Å². The van der Waals surface area contributed by atoms with Crippen molar-refractivity contribution in [2.24, 2.45) is 0 Å². The van der Waals surface area contributed by atoms with Gasteiger partial charge < -0.3 is 14.7 Å². The molecule has 1 N–H and O–H groups in total. The van der Waals surface area contributed by atoms with E-state index in [1.807, 2.05) is 0 Å². The first-order valence-corrected chi connectivity index (χ1v) is 6.42. The Labute approximate surface area is 126 Å². The Morgan fingerprint density at radius 2 is 2.00 bits per heavy atom. The van der Waals surface area contributed by atoms with Crippen LogP contribution in [0.5, 0.6) is 5.75 Å². The van der Waals surface area contributed by atoms with E-state index in [2.05, 4.69) is 20.7 Å². The number of carboxylic acids is 1. The van der Waals surface area contributed by atoms with Crippen molar-refractivity contribution in [2.45, 2.75) is 12.8 Å². The molecule has 1 aromatic carbocycles. The summed E-state index contributed by atoms with van der Waals surface area (Å²) in [5, 5.41) is 8.53. The quantitative estimate of drug-likeness (QED) is 0.866. The lowest BCUT2D eigenvalue weighted by Crippen LogP contribution is -2.29. The number of hydrogen-bond donors (Lipinski definition) is 1. The number of hydrogen-bond acceptors (Lipinski definition) is 3. The Kier molecular flexibility index (Phi) is 5.59. The number of ether oxygens (including phenoxy) is 1. The lowest BCUT2D eigenvalue weighted by atomic mass is 10.2. The Hall–Kier alpha value is -1.77. The highest BCUT2D eigenvalue weighted by atomic mass is 79.9. The van der Waals surface area contributed by atoms with E-state index in [1.165, 1.54) is 19.2 Å². The van der Waals surface area contributed by atoms with Crippen LogP contribution in [0.4, 0.5) is 13.2 Å². The van der Waals surface area contributed by atoms with Gasteiger partial charge in [-0.25, -0.2) is 0 Å². The monoisotopic (exact) mass is 369 g/mol. The molecule has 9 heteroatoms. The van der Waals surface area contributed by atoms with Crippen LogP contribution < -0.4 is 4.74 Å². The van der Waals surface area contributed by atoms with Gasteiger partial charge in [-0.3, -0.25) is 9.59 Å². The normalized spacial score (nSPS) is 11.1. The Morgan fingerprint density at radius 1 is 1.38 bits per heavy atom. The zero-order chi connectivity index (χ0) is 16.2. The molecule has 0 aliphatic carbocycles. The van der Waals surface area contributed by atoms with Gasteiger partial charge in [0, 0.05) is 19.2 Å². The van der Waals surface area contributed by atoms with Crippen molar-refractivity contribution < 1.29 is 32.6 Å². The maximum absolute atomic E-state index is 12.2. The molecule has 0 aliphatic heterocycles. The number of halogens is 4. The number of carboxylic acid groups (broad SMARTS) is 1. The van der Waals surface area contributed by atoms with Crippen LogP contribution in [0.2, 0.25) is 0 Å². The highest BCUT2D eigenvalue weighted by molar-refractivity contribution is 9.10. The largest absolute Gasteiger partial charge is 0.573 e. The lowest BCUT2D eigenvalue weighted by Gasteiger charge is -2.17. The van der Waals surface area contributed by atoms with Crippen molar-refractivity contribution in [3.8, 4) is 5.75 Å². The molecule has 0 spiro atoms. The topological polar surface area (TPSA) is 66.8 Å². The zero-order valence-electron chi connectivity index (χ0n) is 10.8. The number of nitrogens with zero attached hydrogens (tertiary/aromatic N) is 1. The maximum atomic E-state index is 12.2. The highest BCUT2D eigenvalue weighted by Crippen LogP contribution is 2.31. The van der Waals surface area contributed by atoms with Crippen LogP contribution in [0.3, 0.4) is 0 Å². The predicted molar refractivity (Wildman–Crippen MR) is 70.0 cm³/mol. The average molecular weight is 370 g/mol. The molecule has 0 fully saturated rings. The van der Waals surface area contributed by atoms with Gasteiger partial charge in [0.05, 0.1) is 10.9 Å². The van der Waals surface area contributed by atoms with Crippen LogP contribution in [0, 0.1) is 0 Å². The van der Waals surface area contributed by atoms with Crippen LogP contribution in [-0.4, -0.2) is 41.8 Å². The second kappa shape index (κ2) is 6.79. The molecule has 1 amide bonds. The highest BCUT2D eigenvalue weighted by Gasteiger charge is 2.32. The fourth-order valence-electron chi connectivity index (χ4n) is 1.42. The number of amides is 1. The van der Waals surface area contributed by atoms with Crippen molar-refractivity contribution in [1.82, 2.24) is 4.90 Å². The maximum Gasteiger partial charge on any atom is 0.573 e. The summed E-state index contributed by atoms with van der Waals surface area (Å²) in [4.78, 5) is 23.5. The van der Waals surface area contributed by atoms with Crippen LogP contribution in [0.15, 0.2) is 22.7 Å². The van der Waals surface area contributed by atoms with Gasteiger partial charge in [-0.1, -0.05) is 0 Å². The van der Waals surface area contributed by atoms with Gasteiger partial charge in [-0.05, 0) is 34.1 Å². The minimum atomic E-state index is -4.88. The predicted octanol–water partition coefficient (Wildman–Crippen LogP) is 2.89. The van der Waals surface area contributed by atoms with E-state index >= 15 is 0 Å². The van der Waals surface area contributed by atoms with E-state index in [0.29, 0.717) is 0 Å². The molecule has 1 aromatic rings. The van der Waals surface area contributed by atoms with Gasteiger partial charge in [0.2, 0.25) is 0 Å².